The van der Waals surface area contributed by atoms with E-state index in [-0.39, 0.29) is 17.8 Å². The second-order valence-electron chi connectivity index (χ2n) is 9.43. The van der Waals surface area contributed by atoms with Crippen molar-refractivity contribution in [3.63, 3.8) is 0 Å². The van der Waals surface area contributed by atoms with Crippen LogP contribution in [-0.2, 0) is 13.0 Å². The first-order valence-electron chi connectivity index (χ1n) is 12.9. The molecule has 6 heteroatoms. The number of carbonyl (C=O) groups excluding carboxylic acids is 1. The van der Waals surface area contributed by atoms with Crippen molar-refractivity contribution in [3.8, 4) is 0 Å². The lowest BCUT2D eigenvalue weighted by molar-refractivity contribution is 0.102. The molecule has 1 amide bonds. The van der Waals surface area contributed by atoms with Crippen molar-refractivity contribution in [3.05, 3.63) is 124 Å². The fraction of sp³-hybridized carbons (Fsp3) is 0.258. The van der Waals surface area contributed by atoms with Gasteiger partial charge in [-0.25, -0.2) is 4.39 Å². The van der Waals surface area contributed by atoms with Gasteiger partial charge in [0.25, 0.3) is 5.91 Å². The smallest absolute Gasteiger partial charge is 0.256 e. The maximum Gasteiger partial charge on any atom is 0.256 e. The van der Waals surface area contributed by atoms with E-state index in [1.54, 1.807) is 23.5 Å². The van der Waals surface area contributed by atoms with E-state index in [0.717, 1.165) is 55.3 Å². The third-order valence-corrected chi connectivity index (χ3v) is 8.11. The lowest BCUT2D eigenvalue weighted by Crippen LogP contribution is -2.47. The van der Waals surface area contributed by atoms with E-state index in [2.05, 4.69) is 52.4 Å². The van der Waals surface area contributed by atoms with Gasteiger partial charge in [0.2, 0.25) is 0 Å². The lowest BCUT2D eigenvalue weighted by Gasteiger charge is -2.39. The van der Waals surface area contributed by atoms with Crippen LogP contribution < -0.4 is 5.32 Å². The summed E-state index contributed by atoms with van der Waals surface area (Å²) < 4.78 is 14.4. The highest BCUT2D eigenvalue weighted by atomic mass is 32.1. The highest BCUT2D eigenvalue weighted by molar-refractivity contribution is 7.16. The van der Waals surface area contributed by atoms with Crippen LogP contribution in [0.5, 0.6) is 0 Å². The molecule has 1 aliphatic rings. The predicted octanol–water partition coefficient (Wildman–Crippen LogP) is 6.61. The molecule has 0 unspecified atom stereocenters. The fourth-order valence-electron chi connectivity index (χ4n) is 4.98. The number of piperazine rings is 1. The highest BCUT2D eigenvalue weighted by Gasteiger charge is 2.30. The van der Waals surface area contributed by atoms with Crippen LogP contribution in [0.2, 0.25) is 0 Å². The average Bonchev–Trinajstić information content (AvgIpc) is 3.33. The van der Waals surface area contributed by atoms with Gasteiger partial charge in [-0.15, -0.1) is 11.3 Å². The average molecular weight is 514 g/mol. The van der Waals surface area contributed by atoms with Gasteiger partial charge < -0.3 is 5.32 Å². The Labute approximate surface area is 222 Å². The Hall–Kier alpha value is -3.32. The van der Waals surface area contributed by atoms with Gasteiger partial charge in [0.05, 0.1) is 6.04 Å². The Morgan fingerprint density at radius 2 is 1.62 bits per heavy atom. The number of halogens is 1. The van der Waals surface area contributed by atoms with Gasteiger partial charge in [-0.1, -0.05) is 67.6 Å². The third-order valence-electron chi connectivity index (χ3n) is 6.90. The number of benzene rings is 3. The van der Waals surface area contributed by atoms with Crippen molar-refractivity contribution in [2.24, 2.45) is 0 Å². The number of aryl methyl sites for hydroxylation is 1. The van der Waals surface area contributed by atoms with Crippen molar-refractivity contribution in [2.45, 2.75) is 25.9 Å². The first-order valence-corrected chi connectivity index (χ1v) is 13.7. The molecule has 0 aliphatic carbocycles. The van der Waals surface area contributed by atoms with Gasteiger partial charge in [0.1, 0.15) is 10.8 Å². The summed E-state index contributed by atoms with van der Waals surface area (Å²) in [6.45, 7) is 6.62. The molecule has 0 saturated carbocycles. The number of carbonyl (C=O) groups is 1. The first-order chi connectivity index (χ1) is 18.1. The summed E-state index contributed by atoms with van der Waals surface area (Å²) >= 11 is 1.61. The van der Waals surface area contributed by atoms with Crippen LogP contribution in [0.1, 0.15) is 44.9 Å². The maximum atomic E-state index is 14.4. The first kappa shape index (κ1) is 25.3. The number of nitrogens with one attached hydrogen (secondary N) is 1. The number of nitrogens with zero attached hydrogens (tertiary/aromatic N) is 2. The normalized spacial score (nSPS) is 15.4. The SMILES string of the molecule is CCc1cc([C@@H](c2cccc(F)c2)N2CCN(Cc3ccccc3)CC2)c(NC(=O)c2ccccc2)s1. The molecule has 1 aromatic heterocycles. The zero-order chi connectivity index (χ0) is 25.6. The zero-order valence-corrected chi connectivity index (χ0v) is 21.9. The van der Waals surface area contributed by atoms with Crippen LogP contribution in [-0.4, -0.2) is 41.9 Å². The molecule has 5 rings (SSSR count). The molecule has 0 spiro atoms. The van der Waals surface area contributed by atoms with Crippen LogP contribution in [0.15, 0.2) is 91.0 Å². The van der Waals surface area contributed by atoms with Crippen molar-refractivity contribution >= 4 is 22.2 Å². The van der Waals surface area contributed by atoms with Crippen molar-refractivity contribution in [2.75, 3.05) is 31.5 Å². The molecule has 1 N–H and O–H groups in total. The van der Waals surface area contributed by atoms with E-state index in [1.807, 2.05) is 42.5 Å². The summed E-state index contributed by atoms with van der Waals surface area (Å²) in [4.78, 5) is 19.2. The molecule has 1 saturated heterocycles. The quantitative estimate of drug-likeness (QED) is 0.288. The van der Waals surface area contributed by atoms with Gasteiger partial charge in [0.15, 0.2) is 0 Å². The summed E-state index contributed by atoms with van der Waals surface area (Å²) in [6, 6.07) is 28.8. The van der Waals surface area contributed by atoms with Crippen molar-refractivity contribution < 1.29 is 9.18 Å². The molecule has 3 aromatic carbocycles. The van der Waals surface area contributed by atoms with Crippen molar-refractivity contribution in [1.82, 2.24) is 9.80 Å². The highest BCUT2D eigenvalue weighted by Crippen LogP contribution is 2.40. The standard InChI is InChI=1S/C31H32FN3OS/c1-2-27-21-28(31(37-27)33-30(36)24-12-7-4-8-13-24)29(25-14-9-15-26(32)20-25)35-18-16-34(17-19-35)22-23-10-5-3-6-11-23/h3-15,20-21,29H,2,16-19,22H2,1H3,(H,33,36)/t29-/m1/s1. The molecule has 0 bridgehead atoms. The minimum Gasteiger partial charge on any atom is -0.313 e. The van der Waals surface area contributed by atoms with Gasteiger partial charge in [-0.05, 0) is 47.9 Å². The summed E-state index contributed by atoms with van der Waals surface area (Å²) in [6.07, 6.45) is 0.875. The van der Waals surface area contributed by atoms with Crippen LogP contribution in [0.4, 0.5) is 9.39 Å². The monoisotopic (exact) mass is 513 g/mol. The summed E-state index contributed by atoms with van der Waals surface area (Å²) in [5, 5.41) is 4.02. The van der Waals surface area contributed by atoms with E-state index in [0.29, 0.717) is 5.56 Å². The zero-order valence-electron chi connectivity index (χ0n) is 21.1. The maximum absolute atomic E-state index is 14.4. The van der Waals surface area contributed by atoms with Gasteiger partial charge in [-0.3, -0.25) is 14.6 Å². The van der Waals surface area contributed by atoms with Gasteiger partial charge >= 0.3 is 0 Å². The van der Waals surface area contributed by atoms with Crippen LogP contribution in [0.3, 0.4) is 0 Å². The molecule has 0 radical (unpaired) electrons. The van der Waals surface area contributed by atoms with E-state index >= 15 is 0 Å². The molecule has 4 nitrogen and oxygen atoms in total. The fourth-order valence-corrected chi connectivity index (χ4v) is 6.01. The molecule has 1 atom stereocenters. The van der Waals surface area contributed by atoms with Crippen LogP contribution >= 0.6 is 11.3 Å². The number of thiophene rings is 1. The molecular weight excluding hydrogens is 481 g/mol. The van der Waals surface area contributed by atoms with E-state index < -0.39 is 0 Å². The topological polar surface area (TPSA) is 35.6 Å². The molecular formula is C31H32FN3OS. The van der Waals surface area contributed by atoms with Gasteiger partial charge in [0, 0.05) is 48.7 Å². The number of hydrogen-bond acceptors (Lipinski definition) is 4. The summed E-state index contributed by atoms with van der Waals surface area (Å²) in [5.41, 5.74) is 3.88. The van der Waals surface area contributed by atoms with E-state index in [9.17, 15) is 9.18 Å². The molecule has 2 heterocycles. The Bertz CT molecular complexity index is 1320. The summed E-state index contributed by atoms with van der Waals surface area (Å²) in [5.74, 6) is -0.372. The minimum absolute atomic E-state index is 0.128. The Kier molecular flexibility index (Phi) is 8.09. The lowest BCUT2D eigenvalue weighted by atomic mass is 9.97. The van der Waals surface area contributed by atoms with E-state index in [4.69, 9.17) is 0 Å². The van der Waals surface area contributed by atoms with Gasteiger partial charge in [-0.2, -0.15) is 0 Å². The number of rotatable bonds is 8. The molecule has 4 aromatic rings. The summed E-state index contributed by atoms with van der Waals surface area (Å²) in [7, 11) is 0. The molecule has 1 aliphatic heterocycles. The van der Waals surface area contributed by atoms with Crippen LogP contribution in [0, 0.1) is 5.82 Å². The second kappa shape index (κ2) is 11.8. The second-order valence-corrected chi connectivity index (χ2v) is 10.6. The number of anilines is 1. The molecule has 1 fully saturated rings. The minimum atomic E-state index is -0.244. The van der Waals surface area contributed by atoms with Crippen LogP contribution in [0.25, 0.3) is 0 Å². The predicted molar refractivity (Wildman–Crippen MR) is 150 cm³/mol. The Morgan fingerprint density at radius 1 is 0.919 bits per heavy atom. The number of amides is 1. The molecule has 37 heavy (non-hydrogen) atoms. The molecule has 190 valence electrons. The largest absolute Gasteiger partial charge is 0.313 e. The third kappa shape index (κ3) is 6.16. The van der Waals surface area contributed by atoms with Crippen molar-refractivity contribution in [1.29, 1.82) is 0 Å². The Morgan fingerprint density at radius 3 is 2.30 bits per heavy atom. The van der Waals surface area contributed by atoms with E-state index in [1.165, 1.54) is 16.5 Å². The number of hydrogen-bond donors (Lipinski definition) is 1. The Balaban J connectivity index is 1.43.